The number of hydrogen-bond donors (Lipinski definition) is 2. The van der Waals surface area contributed by atoms with Gasteiger partial charge in [0.2, 0.25) is 22.0 Å². The van der Waals surface area contributed by atoms with Crippen LogP contribution in [-0.4, -0.2) is 54.0 Å². The number of aromatic nitrogens is 2. The van der Waals surface area contributed by atoms with Crippen LogP contribution in [0.15, 0.2) is 41.8 Å². The van der Waals surface area contributed by atoms with Crippen LogP contribution >= 0.6 is 22.9 Å². The number of halogens is 1. The minimum absolute atomic E-state index is 0.0391. The van der Waals surface area contributed by atoms with Crippen molar-refractivity contribution in [3.05, 3.63) is 46.7 Å². The van der Waals surface area contributed by atoms with Gasteiger partial charge in [-0.1, -0.05) is 11.6 Å². The summed E-state index contributed by atoms with van der Waals surface area (Å²) in [5, 5.41) is 1.60. The Balaban J connectivity index is 1.53. The average molecular weight is 476 g/mol. The van der Waals surface area contributed by atoms with Gasteiger partial charge in [-0.3, -0.25) is 4.98 Å². The van der Waals surface area contributed by atoms with Crippen molar-refractivity contribution in [2.24, 2.45) is 10.7 Å². The van der Waals surface area contributed by atoms with Gasteiger partial charge in [-0.15, -0.1) is 11.3 Å². The van der Waals surface area contributed by atoms with Crippen molar-refractivity contribution in [1.82, 2.24) is 18.8 Å². The first-order chi connectivity index (χ1) is 14.6. The summed E-state index contributed by atoms with van der Waals surface area (Å²) in [5.41, 5.74) is 9.19. The van der Waals surface area contributed by atoms with Gasteiger partial charge >= 0.3 is 0 Å². The van der Waals surface area contributed by atoms with Crippen LogP contribution in [0.1, 0.15) is 11.8 Å². The Morgan fingerprint density at radius 3 is 2.87 bits per heavy atom. The van der Waals surface area contributed by atoms with Crippen molar-refractivity contribution in [1.29, 1.82) is 0 Å². The predicted molar refractivity (Wildman–Crippen MR) is 125 cm³/mol. The molecule has 3 atom stereocenters. The van der Waals surface area contributed by atoms with Crippen molar-refractivity contribution in [2.45, 2.75) is 18.5 Å². The number of rotatable bonds is 3. The van der Waals surface area contributed by atoms with Gasteiger partial charge < -0.3 is 10.7 Å². The molecule has 0 spiro atoms. The van der Waals surface area contributed by atoms with Crippen LogP contribution in [0.2, 0.25) is 5.02 Å². The van der Waals surface area contributed by atoms with Crippen molar-refractivity contribution in [3.63, 3.8) is 0 Å². The Hall–Kier alpha value is -2.40. The average Bonchev–Trinajstić information content (AvgIpc) is 3.43. The number of fused-ring (bicyclic) bond motifs is 2. The Morgan fingerprint density at radius 1 is 1.48 bits per heavy atom. The molecule has 3 aromatic rings. The molecule has 2 unspecified atom stereocenters. The molecule has 0 aromatic carbocycles. The SMILES string of the molecule is C=C1C2C[N+]12c1c(-c2cc(Cl)c([C@]3(C)CS(=O)(=O)N(C)C(N)=N3)s2)[nH]c2cnccc12. The third kappa shape index (κ3) is 2.41. The zero-order chi connectivity index (χ0) is 21.9. The van der Waals surface area contributed by atoms with Crippen LogP contribution in [-0.2, 0) is 15.6 Å². The zero-order valence-electron chi connectivity index (χ0n) is 16.9. The molecular formula is C20H20ClN6O2S2+. The molecule has 3 aromatic heterocycles. The van der Waals surface area contributed by atoms with Crippen LogP contribution < -0.4 is 10.2 Å². The molecule has 160 valence electrons. The highest BCUT2D eigenvalue weighted by atomic mass is 35.5. The van der Waals surface area contributed by atoms with Crippen LogP contribution in [0, 0.1) is 0 Å². The van der Waals surface area contributed by atoms with Crippen molar-refractivity contribution >= 4 is 55.5 Å². The van der Waals surface area contributed by atoms with E-state index in [2.05, 4.69) is 21.5 Å². The summed E-state index contributed by atoms with van der Waals surface area (Å²) in [5.74, 6) is -0.234. The summed E-state index contributed by atoms with van der Waals surface area (Å²) in [6, 6.07) is 4.39. The molecule has 3 aliphatic rings. The Kier molecular flexibility index (Phi) is 3.54. The fourth-order valence-electron chi connectivity index (χ4n) is 4.73. The number of nitrogens with one attached hydrogen (secondary N) is 1. The highest BCUT2D eigenvalue weighted by Crippen LogP contribution is 2.65. The number of hydrogen-bond acceptors (Lipinski definition) is 6. The van der Waals surface area contributed by atoms with E-state index < -0.39 is 15.6 Å². The molecular weight excluding hydrogens is 456 g/mol. The predicted octanol–water partition coefficient (Wildman–Crippen LogP) is 2.97. The molecule has 2 saturated heterocycles. The third-order valence-electron chi connectivity index (χ3n) is 6.65. The van der Waals surface area contributed by atoms with Crippen molar-refractivity contribution < 1.29 is 8.42 Å². The maximum atomic E-state index is 12.6. The van der Waals surface area contributed by atoms with Crippen LogP contribution in [0.4, 0.5) is 5.69 Å². The zero-order valence-corrected chi connectivity index (χ0v) is 19.3. The van der Waals surface area contributed by atoms with Gasteiger partial charge in [0.1, 0.15) is 11.2 Å². The molecule has 3 aliphatic heterocycles. The molecule has 31 heavy (non-hydrogen) atoms. The van der Waals surface area contributed by atoms with Crippen molar-refractivity contribution in [2.75, 3.05) is 19.3 Å². The standard InChI is InChI=1S/C20H20ClN6O2S2/c1-10-14-8-27(10,14)17-11-4-5-23-7-13(11)24-16(17)15-6-12(21)18(30-15)20(2)9-31(28,29)26(3)19(22)25-20/h4-7,14,24H,1,8-9H2,2-3H3,(H2,22,25)/q+1/t14?,20-,27?/m0/s1. The Bertz CT molecular complexity index is 1460. The number of quaternary nitrogens is 1. The van der Waals surface area contributed by atoms with Gasteiger partial charge in [-0.05, 0) is 25.6 Å². The molecule has 6 rings (SSSR count). The summed E-state index contributed by atoms with van der Waals surface area (Å²) >= 11 is 8.10. The lowest BCUT2D eigenvalue weighted by Gasteiger charge is -2.33. The van der Waals surface area contributed by atoms with E-state index in [-0.39, 0.29) is 11.7 Å². The lowest BCUT2D eigenvalue weighted by atomic mass is 10.0. The van der Waals surface area contributed by atoms with E-state index >= 15 is 0 Å². The smallest absolute Gasteiger partial charge is 0.239 e. The fourth-order valence-corrected chi connectivity index (χ4v) is 7.89. The van der Waals surface area contributed by atoms with Gasteiger partial charge in [-0.2, -0.15) is 0 Å². The number of aliphatic imine (C=N–C) groups is 1. The number of sulfonamides is 1. The summed E-state index contributed by atoms with van der Waals surface area (Å²) in [6.07, 6.45) is 3.61. The van der Waals surface area contributed by atoms with Crippen LogP contribution in [0.3, 0.4) is 0 Å². The van der Waals surface area contributed by atoms with E-state index in [4.69, 9.17) is 17.3 Å². The Morgan fingerprint density at radius 2 is 2.23 bits per heavy atom. The molecule has 0 radical (unpaired) electrons. The van der Waals surface area contributed by atoms with Crippen LogP contribution in [0.5, 0.6) is 0 Å². The summed E-state index contributed by atoms with van der Waals surface area (Å²) in [7, 11) is -2.18. The first kappa shape index (κ1) is 19.3. The summed E-state index contributed by atoms with van der Waals surface area (Å²) in [4.78, 5) is 13.9. The minimum Gasteiger partial charge on any atom is -0.369 e. The van der Waals surface area contributed by atoms with E-state index in [0.29, 0.717) is 15.9 Å². The lowest BCUT2D eigenvalue weighted by Crippen LogP contribution is -2.50. The van der Waals surface area contributed by atoms with Gasteiger partial charge in [0.05, 0.1) is 37.6 Å². The first-order valence-electron chi connectivity index (χ1n) is 9.74. The maximum absolute atomic E-state index is 12.6. The van der Waals surface area contributed by atoms with E-state index in [1.54, 1.807) is 13.1 Å². The Labute approximate surface area is 188 Å². The maximum Gasteiger partial charge on any atom is 0.239 e. The second-order valence-corrected chi connectivity index (χ2v) is 12.0. The largest absolute Gasteiger partial charge is 0.369 e. The lowest BCUT2D eigenvalue weighted by molar-refractivity contribution is 0.482. The quantitative estimate of drug-likeness (QED) is 0.448. The highest BCUT2D eigenvalue weighted by molar-refractivity contribution is 7.89. The summed E-state index contributed by atoms with van der Waals surface area (Å²) < 4.78 is 27.1. The van der Waals surface area contributed by atoms with Crippen LogP contribution in [0.25, 0.3) is 21.5 Å². The number of nitrogens with zero attached hydrogens (tertiary/aromatic N) is 4. The number of pyridine rings is 1. The van der Waals surface area contributed by atoms with Gasteiger partial charge in [0.25, 0.3) is 0 Å². The molecule has 6 heterocycles. The molecule has 8 nitrogen and oxygen atoms in total. The topological polar surface area (TPSA) is 104 Å². The number of guanidine groups is 1. The van der Waals surface area contributed by atoms with E-state index in [1.807, 2.05) is 18.3 Å². The second kappa shape index (κ2) is 5.69. The molecule has 0 bridgehead atoms. The van der Waals surface area contributed by atoms with E-state index in [1.165, 1.54) is 29.8 Å². The monoisotopic (exact) mass is 475 g/mol. The van der Waals surface area contributed by atoms with E-state index in [9.17, 15) is 8.42 Å². The minimum atomic E-state index is -3.59. The fraction of sp³-hybridized carbons (Fsp3) is 0.300. The number of aromatic amines is 1. The molecule has 2 fully saturated rings. The molecule has 3 N–H and O–H groups in total. The van der Waals surface area contributed by atoms with Gasteiger partial charge in [0, 0.05) is 13.2 Å². The van der Waals surface area contributed by atoms with Gasteiger partial charge in [0.15, 0.2) is 17.9 Å². The van der Waals surface area contributed by atoms with E-state index in [0.717, 1.165) is 36.8 Å². The number of nitrogens with two attached hydrogens (primary N) is 1. The first-order valence-corrected chi connectivity index (χ1v) is 12.5. The number of H-pyrrole nitrogens is 1. The van der Waals surface area contributed by atoms with Gasteiger partial charge in [-0.25, -0.2) is 22.2 Å². The molecule has 0 amide bonds. The third-order valence-corrected chi connectivity index (χ3v) is 10.4. The highest BCUT2D eigenvalue weighted by Gasteiger charge is 2.82. The molecule has 0 saturated carbocycles. The summed E-state index contributed by atoms with van der Waals surface area (Å²) in [6.45, 7) is 7.03. The van der Waals surface area contributed by atoms with Crippen molar-refractivity contribution in [3.8, 4) is 10.6 Å². The number of thiophene rings is 1. The second-order valence-electron chi connectivity index (χ2n) is 8.58. The normalized spacial score (nSPS) is 30.9. The molecule has 11 heteroatoms. The molecule has 0 aliphatic carbocycles.